The first-order chi connectivity index (χ1) is 13.7. The molecule has 3 aliphatic rings. The van der Waals surface area contributed by atoms with Gasteiger partial charge in [-0.15, -0.1) is 0 Å². The number of nitrogens with zero attached hydrogens (tertiary/aromatic N) is 1. The quantitative estimate of drug-likeness (QED) is 0.814. The predicted octanol–water partition coefficient (Wildman–Crippen LogP) is 2.05. The first-order valence-corrected chi connectivity index (χ1v) is 10.7. The number of hydrogen-bond donors (Lipinski definition) is 2. The van der Waals surface area contributed by atoms with Crippen LogP contribution in [0.3, 0.4) is 0 Å². The van der Waals surface area contributed by atoms with Gasteiger partial charge in [0.05, 0.1) is 12.6 Å². The zero-order valence-electron chi connectivity index (χ0n) is 16.5. The number of nitrogens with one attached hydrogen (secondary N) is 2. The fourth-order valence-electron chi connectivity index (χ4n) is 4.70. The fraction of sp³-hybridized carbons (Fsp3) is 0.636. The van der Waals surface area contributed by atoms with Crippen molar-refractivity contribution >= 4 is 11.8 Å². The van der Waals surface area contributed by atoms with Gasteiger partial charge in [-0.25, -0.2) is 0 Å². The van der Waals surface area contributed by atoms with Crippen molar-refractivity contribution in [1.82, 2.24) is 15.5 Å². The first kappa shape index (κ1) is 19.2. The summed E-state index contributed by atoms with van der Waals surface area (Å²) < 4.78 is 5.72. The Kier molecular flexibility index (Phi) is 6.15. The molecule has 2 N–H and O–H groups in total. The second kappa shape index (κ2) is 8.95. The number of piperidine rings is 1. The average molecular weight is 386 g/mol. The van der Waals surface area contributed by atoms with Crippen LogP contribution in [0.4, 0.5) is 0 Å². The molecule has 152 valence electrons. The number of benzene rings is 1. The van der Waals surface area contributed by atoms with Crippen molar-refractivity contribution in [1.29, 1.82) is 0 Å². The third kappa shape index (κ3) is 4.49. The minimum Gasteiger partial charge on any atom is -0.493 e. The molecule has 3 aliphatic heterocycles. The van der Waals surface area contributed by atoms with Crippen molar-refractivity contribution in [2.75, 3.05) is 32.8 Å². The van der Waals surface area contributed by atoms with Crippen LogP contribution in [0.25, 0.3) is 0 Å². The number of carbonyl (C=O) groups excluding carboxylic acids is 2. The fourth-order valence-corrected chi connectivity index (χ4v) is 4.70. The van der Waals surface area contributed by atoms with E-state index >= 15 is 0 Å². The van der Waals surface area contributed by atoms with Crippen molar-refractivity contribution in [3.63, 3.8) is 0 Å². The van der Waals surface area contributed by atoms with Gasteiger partial charge in [-0.05, 0) is 62.1 Å². The highest BCUT2D eigenvalue weighted by Crippen LogP contribution is 2.36. The summed E-state index contributed by atoms with van der Waals surface area (Å²) in [6.45, 7) is 3.86. The van der Waals surface area contributed by atoms with E-state index in [-0.39, 0.29) is 23.8 Å². The van der Waals surface area contributed by atoms with Gasteiger partial charge < -0.3 is 20.3 Å². The van der Waals surface area contributed by atoms with E-state index in [0.29, 0.717) is 25.5 Å². The highest BCUT2D eigenvalue weighted by Gasteiger charge is 2.29. The number of hydrogen-bond acceptors (Lipinski definition) is 4. The van der Waals surface area contributed by atoms with Gasteiger partial charge in [0.15, 0.2) is 0 Å². The molecule has 3 unspecified atom stereocenters. The van der Waals surface area contributed by atoms with Crippen LogP contribution in [0.15, 0.2) is 24.3 Å². The largest absolute Gasteiger partial charge is 0.493 e. The average Bonchev–Trinajstić information content (AvgIpc) is 3.27. The van der Waals surface area contributed by atoms with E-state index in [2.05, 4.69) is 16.7 Å². The molecule has 0 aromatic heterocycles. The van der Waals surface area contributed by atoms with Crippen molar-refractivity contribution in [2.45, 2.75) is 50.5 Å². The van der Waals surface area contributed by atoms with Crippen LogP contribution in [0.2, 0.25) is 0 Å². The Balaban J connectivity index is 1.28. The molecule has 1 aromatic rings. The first-order valence-electron chi connectivity index (χ1n) is 10.7. The number of likely N-dealkylation sites (tertiary alicyclic amines) is 1. The number of para-hydroxylation sites is 1. The van der Waals surface area contributed by atoms with E-state index in [4.69, 9.17) is 4.74 Å². The van der Waals surface area contributed by atoms with Crippen LogP contribution < -0.4 is 15.4 Å². The SMILES string of the molecule is O=C(NCC1CCCN(C(=O)CC2CCOc3ccccc32)C1)C1CCCN1. The molecule has 28 heavy (non-hydrogen) atoms. The number of rotatable bonds is 5. The molecule has 3 heterocycles. The topological polar surface area (TPSA) is 70.7 Å². The van der Waals surface area contributed by atoms with Crippen molar-refractivity contribution < 1.29 is 14.3 Å². The second-order valence-electron chi connectivity index (χ2n) is 8.32. The minimum atomic E-state index is -0.0325. The maximum atomic E-state index is 13.0. The Morgan fingerprint density at radius 2 is 2.07 bits per heavy atom. The van der Waals surface area contributed by atoms with Crippen molar-refractivity contribution in [3.8, 4) is 5.75 Å². The summed E-state index contributed by atoms with van der Waals surface area (Å²) in [5.74, 6) is 1.86. The zero-order chi connectivity index (χ0) is 19.3. The minimum absolute atomic E-state index is 0.0325. The van der Waals surface area contributed by atoms with Gasteiger partial charge in [0.1, 0.15) is 5.75 Å². The standard InChI is InChI=1S/C22H31N3O3/c26-21(13-17-9-12-28-20-8-2-1-6-18(17)20)25-11-4-5-16(15-25)14-24-22(27)19-7-3-10-23-19/h1-2,6,8,16-17,19,23H,3-5,7,9-15H2,(H,24,27). The number of ether oxygens (including phenoxy) is 1. The lowest BCUT2D eigenvalue weighted by atomic mass is 9.89. The van der Waals surface area contributed by atoms with E-state index in [1.165, 1.54) is 0 Å². The molecule has 0 radical (unpaired) electrons. The number of fused-ring (bicyclic) bond motifs is 1. The molecule has 0 bridgehead atoms. The summed E-state index contributed by atoms with van der Waals surface area (Å²) in [6, 6.07) is 8.04. The van der Waals surface area contributed by atoms with E-state index in [1.54, 1.807) is 0 Å². The van der Waals surface area contributed by atoms with Gasteiger partial charge in [-0.1, -0.05) is 18.2 Å². The number of carbonyl (C=O) groups is 2. The van der Waals surface area contributed by atoms with Gasteiger partial charge in [0.2, 0.25) is 11.8 Å². The summed E-state index contributed by atoms with van der Waals surface area (Å²) in [7, 11) is 0. The molecule has 6 nitrogen and oxygen atoms in total. The van der Waals surface area contributed by atoms with Crippen LogP contribution in [-0.4, -0.2) is 55.5 Å². The predicted molar refractivity (Wildman–Crippen MR) is 107 cm³/mol. The molecule has 0 aliphatic carbocycles. The Labute approximate surface area is 167 Å². The van der Waals surface area contributed by atoms with Gasteiger partial charge in [-0.2, -0.15) is 0 Å². The third-order valence-electron chi connectivity index (χ3n) is 6.32. The lowest BCUT2D eigenvalue weighted by molar-refractivity contribution is -0.133. The van der Waals surface area contributed by atoms with E-state index in [9.17, 15) is 9.59 Å². The van der Waals surface area contributed by atoms with E-state index < -0.39 is 0 Å². The number of amides is 2. The highest BCUT2D eigenvalue weighted by molar-refractivity contribution is 5.82. The molecule has 2 fully saturated rings. The molecule has 3 atom stereocenters. The molecule has 1 aromatic carbocycles. The monoisotopic (exact) mass is 385 g/mol. The van der Waals surface area contributed by atoms with Crippen LogP contribution in [-0.2, 0) is 9.59 Å². The molecule has 0 saturated carbocycles. The maximum absolute atomic E-state index is 13.0. The summed E-state index contributed by atoms with van der Waals surface area (Å²) in [5, 5.41) is 6.33. The Hall–Kier alpha value is -2.08. The van der Waals surface area contributed by atoms with Crippen molar-refractivity contribution in [2.24, 2.45) is 5.92 Å². The summed E-state index contributed by atoms with van der Waals surface area (Å²) in [4.78, 5) is 27.2. The molecule has 2 amide bonds. The maximum Gasteiger partial charge on any atom is 0.237 e. The molecule has 4 rings (SSSR count). The second-order valence-corrected chi connectivity index (χ2v) is 8.32. The molecule has 6 heteroatoms. The highest BCUT2D eigenvalue weighted by atomic mass is 16.5. The third-order valence-corrected chi connectivity index (χ3v) is 6.32. The Morgan fingerprint density at radius 3 is 2.93 bits per heavy atom. The molecule has 2 saturated heterocycles. The Morgan fingerprint density at radius 1 is 1.18 bits per heavy atom. The van der Waals surface area contributed by atoms with E-state index in [1.807, 2.05) is 23.1 Å². The van der Waals surface area contributed by atoms with Gasteiger partial charge in [0, 0.05) is 26.1 Å². The van der Waals surface area contributed by atoms with Crippen LogP contribution in [0.5, 0.6) is 5.75 Å². The van der Waals surface area contributed by atoms with Gasteiger partial charge >= 0.3 is 0 Å². The Bertz CT molecular complexity index is 702. The molecular weight excluding hydrogens is 354 g/mol. The smallest absolute Gasteiger partial charge is 0.237 e. The molecule has 0 spiro atoms. The molecular formula is C22H31N3O3. The lowest BCUT2D eigenvalue weighted by Gasteiger charge is -2.34. The van der Waals surface area contributed by atoms with Crippen molar-refractivity contribution in [3.05, 3.63) is 29.8 Å². The summed E-state index contributed by atoms with van der Waals surface area (Å²) in [6.07, 6.45) is 5.52. The zero-order valence-corrected chi connectivity index (χ0v) is 16.5. The van der Waals surface area contributed by atoms with Gasteiger partial charge in [-0.3, -0.25) is 9.59 Å². The van der Waals surface area contributed by atoms with E-state index in [0.717, 1.165) is 63.1 Å². The lowest BCUT2D eigenvalue weighted by Crippen LogP contribution is -2.47. The van der Waals surface area contributed by atoms with Gasteiger partial charge in [0.25, 0.3) is 0 Å². The van der Waals surface area contributed by atoms with Crippen LogP contribution in [0, 0.1) is 5.92 Å². The summed E-state index contributed by atoms with van der Waals surface area (Å²) >= 11 is 0. The van der Waals surface area contributed by atoms with Crippen LogP contribution in [0.1, 0.15) is 50.0 Å². The normalized spacial score (nSPS) is 27.0. The summed E-state index contributed by atoms with van der Waals surface area (Å²) in [5.41, 5.74) is 1.16. The van der Waals surface area contributed by atoms with Crippen LogP contribution >= 0.6 is 0 Å².